The Hall–Kier alpha value is -0.960. The van der Waals surface area contributed by atoms with Gasteiger partial charge in [0.2, 0.25) is 0 Å². The molecule has 1 spiro atoms. The van der Waals surface area contributed by atoms with Gasteiger partial charge in [0, 0.05) is 21.7 Å². The molecule has 4 unspecified atom stereocenters. The Morgan fingerprint density at radius 2 is 2.14 bits per heavy atom. The maximum atomic E-state index is 12.3. The fraction of sp³-hybridized carbons (Fsp3) is 0.650. The number of carbonyl (C=O) groups excluding carboxylic acids is 1. The molecule has 8 heteroatoms. The van der Waals surface area contributed by atoms with Gasteiger partial charge < -0.3 is 14.7 Å². The average molecular weight is 471 g/mol. The third-order valence-corrected chi connectivity index (χ3v) is 7.47. The molecule has 0 radical (unpaired) electrons. The maximum absolute atomic E-state index is 12.3. The summed E-state index contributed by atoms with van der Waals surface area (Å²) in [6.45, 7) is 5.47. The lowest BCUT2D eigenvalue weighted by atomic mass is 9.68. The Kier molecular flexibility index (Phi) is 5.35. The first-order valence-electron chi connectivity index (χ1n) is 9.77. The van der Waals surface area contributed by atoms with Crippen LogP contribution >= 0.6 is 27.7 Å². The van der Waals surface area contributed by atoms with Gasteiger partial charge in [-0.2, -0.15) is 0 Å². The molecule has 3 aliphatic rings. The number of thioether (sulfide) groups is 1. The van der Waals surface area contributed by atoms with Gasteiger partial charge in [-0.25, -0.2) is 4.79 Å². The molecule has 2 fully saturated rings. The van der Waals surface area contributed by atoms with Gasteiger partial charge in [0.1, 0.15) is 17.5 Å². The predicted octanol–water partition coefficient (Wildman–Crippen LogP) is 4.84. The molecule has 1 aromatic rings. The Morgan fingerprint density at radius 1 is 1.39 bits per heavy atom. The zero-order chi connectivity index (χ0) is 20.1. The van der Waals surface area contributed by atoms with Crippen LogP contribution in [0, 0.1) is 5.92 Å². The number of hydroxylamine groups is 2. The second-order valence-corrected chi connectivity index (χ2v) is 10.8. The first-order chi connectivity index (χ1) is 13.2. The summed E-state index contributed by atoms with van der Waals surface area (Å²) in [5, 5.41) is 15.5. The molecule has 0 bridgehead atoms. The highest BCUT2D eigenvalue weighted by molar-refractivity contribution is 9.10. The van der Waals surface area contributed by atoms with Crippen LogP contribution in [-0.4, -0.2) is 39.3 Å². The summed E-state index contributed by atoms with van der Waals surface area (Å²) in [5.74, 6) is 1.67. The Balaban J connectivity index is 1.67. The number of fused-ring (bicyclic) bond motifs is 4. The monoisotopic (exact) mass is 470 g/mol. The van der Waals surface area contributed by atoms with Crippen LogP contribution in [0.4, 0.5) is 4.79 Å². The first kappa shape index (κ1) is 20.3. The number of hydrogen-bond donors (Lipinski definition) is 2. The van der Waals surface area contributed by atoms with E-state index in [-0.39, 0.29) is 12.0 Å². The van der Waals surface area contributed by atoms with E-state index in [4.69, 9.17) is 9.47 Å². The van der Waals surface area contributed by atoms with Crippen LogP contribution in [0.15, 0.2) is 22.7 Å². The SMILES string of the molecule is CC(C)(C)OC(=O)NC1SCC2(c3cc(Br)ccc3OC3CCCCC32)N1O. The Bertz CT molecular complexity index is 771. The second-order valence-electron chi connectivity index (χ2n) is 8.77. The molecule has 0 aromatic heterocycles. The Morgan fingerprint density at radius 3 is 2.89 bits per heavy atom. The molecule has 2 aliphatic heterocycles. The highest BCUT2D eigenvalue weighted by Gasteiger charge is 2.59. The van der Waals surface area contributed by atoms with Crippen molar-refractivity contribution in [3.05, 3.63) is 28.2 Å². The minimum Gasteiger partial charge on any atom is -0.490 e. The molecule has 4 rings (SSSR count). The molecule has 1 saturated carbocycles. The van der Waals surface area contributed by atoms with Gasteiger partial charge in [-0.05, 0) is 58.2 Å². The summed E-state index contributed by atoms with van der Waals surface area (Å²) >= 11 is 5.09. The quantitative estimate of drug-likeness (QED) is 0.611. The van der Waals surface area contributed by atoms with E-state index in [9.17, 15) is 10.0 Å². The molecule has 154 valence electrons. The molecule has 28 heavy (non-hydrogen) atoms. The van der Waals surface area contributed by atoms with E-state index in [2.05, 4.69) is 21.2 Å². The summed E-state index contributed by atoms with van der Waals surface area (Å²) in [6.07, 6.45) is 3.80. The number of nitrogens with zero attached hydrogens (tertiary/aromatic N) is 1. The number of alkyl carbamates (subject to hydrolysis) is 1. The van der Waals surface area contributed by atoms with Crippen LogP contribution in [0.2, 0.25) is 0 Å². The average Bonchev–Trinajstić information content (AvgIpc) is 2.92. The standard InChI is InChI=1S/C20H27BrN2O4S/c1-19(2,3)27-18(24)22-17-23(25)20(11-28-17)13-6-4-5-7-15(13)26-16-9-8-12(21)10-14(16)20/h8-10,13,15,17,25H,4-7,11H2,1-3H3,(H,22,24). The van der Waals surface area contributed by atoms with E-state index in [1.54, 1.807) is 0 Å². The molecule has 1 amide bonds. The lowest BCUT2D eigenvalue weighted by Crippen LogP contribution is -2.59. The van der Waals surface area contributed by atoms with E-state index < -0.39 is 22.7 Å². The zero-order valence-corrected chi connectivity index (χ0v) is 18.8. The molecule has 4 atom stereocenters. The third-order valence-electron chi connectivity index (χ3n) is 5.73. The second kappa shape index (κ2) is 7.38. The molecule has 2 heterocycles. The molecule has 6 nitrogen and oxygen atoms in total. The number of hydrogen-bond acceptors (Lipinski definition) is 6. The fourth-order valence-corrected chi connectivity index (χ4v) is 6.42. The minimum absolute atomic E-state index is 0.0814. The van der Waals surface area contributed by atoms with E-state index in [1.807, 2.05) is 39.0 Å². The summed E-state index contributed by atoms with van der Waals surface area (Å²) in [7, 11) is 0. The van der Waals surface area contributed by atoms with Gasteiger partial charge in [0.15, 0.2) is 5.50 Å². The van der Waals surface area contributed by atoms with E-state index in [0.717, 1.165) is 41.5 Å². The van der Waals surface area contributed by atoms with Crippen molar-refractivity contribution in [1.82, 2.24) is 10.4 Å². The van der Waals surface area contributed by atoms with Crippen LogP contribution in [0.5, 0.6) is 5.75 Å². The topological polar surface area (TPSA) is 71.0 Å². The van der Waals surface area contributed by atoms with E-state index >= 15 is 0 Å². The minimum atomic E-state index is -0.590. The predicted molar refractivity (Wildman–Crippen MR) is 111 cm³/mol. The molecular weight excluding hydrogens is 444 g/mol. The number of ether oxygens (including phenoxy) is 2. The summed E-state index contributed by atoms with van der Waals surface area (Å²) in [5.41, 5.74) is -0.765. The summed E-state index contributed by atoms with van der Waals surface area (Å²) < 4.78 is 12.7. The van der Waals surface area contributed by atoms with Crippen LogP contribution in [0.1, 0.15) is 52.0 Å². The normalized spacial score (nSPS) is 32.4. The van der Waals surface area contributed by atoms with Gasteiger partial charge >= 0.3 is 6.09 Å². The van der Waals surface area contributed by atoms with Crippen LogP contribution in [-0.2, 0) is 10.3 Å². The number of nitrogens with one attached hydrogen (secondary N) is 1. The summed E-state index contributed by atoms with van der Waals surface area (Å²) in [4.78, 5) is 12.3. The van der Waals surface area contributed by atoms with Crippen LogP contribution in [0.25, 0.3) is 0 Å². The first-order valence-corrected chi connectivity index (χ1v) is 11.6. The molecule has 1 aliphatic carbocycles. The highest BCUT2D eigenvalue weighted by Crippen LogP contribution is 2.56. The Labute approximate surface area is 178 Å². The maximum Gasteiger partial charge on any atom is 0.409 e. The molecular formula is C20H27BrN2O4S. The van der Waals surface area contributed by atoms with Crippen LogP contribution in [0.3, 0.4) is 0 Å². The number of benzene rings is 1. The lowest BCUT2D eigenvalue weighted by Gasteiger charge is -2.51. The molecule has 2 N–H and O–H groups in total. The molecule has 1 saturated heterocycles. The highest BCUT2D eigenvalue weighted by atomic mass is 79.9. The number of halogens is 1. The molecule has 1 aromatic carbocycles. The van der Waals surface area contributed by atoms with Gasteiger partial charge in [0.05, 0.1) is 5.54 Å². The van der Waals surface area contributed by atoms with Gasteiger partial charge in [-0.15, -0.1) is 16.8 Å². The van der Waals surface area contributed by atoms with Crippen molar-refractivity contribution in [2.45, 2.75) is 69.2 Å². The number of carbonyl (C=O) groups is 1. The van der Waals surface area contributed by atoms with E-state index in [1.165, 1.54) is 16.8 Å². The number of rotatable bonds is 1. The third kappa shape index (κ3) is 3.53. The van der Waals surface area contributed by atoms with Crippen molar-refractivity contribution in [2.75, 3.05) is 5.75 Å². The van der Waals surface area contributed by atoms with Crippen molar-refractivity contribution < 1.29 is 19.5 Å². The van der Waals surface area contributed by atoms with Crippen LogP contribution < -0.4 is 10.1 Å². The fourth-order valence-electron chi connectivity index (χ4n) is 4.63. The van der Waals surface area contributed by atoms with Crippen molar-refractivity contribution >= 4 is 33.8 Å². The van der Waals surface area contributed by atoms with Gasteiger partial charge in [-0.1, -0.05) is 22.4 Å². The zero-order valence-electron chi connectivity index (χ0n) is 16.4. The van der Waals surface area contributed by atoms with Crippen molar-refractivity contribution in [2.24, 2.45) is 5.92 Å². The van der Waals surface area contributed by atoms with Gasteiger partial charge in [-0.3, -0.25) is 5.32 Å². The number of amides is 1. The van der Waals surface area contributed by atoms with Crippen molar-refractivity contribution in [1.29, 1.82) is 0 Å². The van der Waals surface area contributed by atoms with Crippen molar-refractivity contribution in [3.63, 3.8) is 0 Å². The van der Waals surface area contributed by atoms with E-state index in [0.29, 0.717) is 5.75 Å². The summed E-state index contributed by atoms with van der Waals surface area (Å²) in [6, 6.07) is 5.98. The largest absolute Gasteiger partial charge is 0.490 e. The van der Waals surface area contributed by atoms with Gasteiger partial charge in [0.25, 0.3) is 0 Å². The smallest absolute Gasteiger partial charge is 0.409 e. The lowest BCUT2D eigenvalue weighted by molar-refractivity contribution is -0.215. The van der Waals surface area contributed by atoms with Crippen molar-refractivity contribution in [3.8, 4) is 5.75 Å².